The van der Waals surface area contributed by atoms with Crippen LogP contribution in [0.4, 0.5) is 0 Å². The Labute approximate surface area is 90.3 Å². The number of nitrogens with one attached hydrogen (secondary N) is 1. The molecule has 2 saturated heterocycles. The summed E-state index contributed by atoms with van der Waals surface area (Å²) in [5, 5.41) is 3.12. The predicted molar refractivity (Wildman–Crippen MR) is 55.5 cm³/mol. The van der Waals surface area contributed by atoms with Gasteiger partial charge < -0.3 is 14.8 Å². The third-order valence-electron chi connectivity index (χ3n) is 3.18. The van der Waals surface area contributed by atoms with Crippen molar-refractivity contribution in [3.63, 3.8) is 0 Å². The normalized spacial score (nSPS) is 33.3. The van der Waals surface area contributed by atoms with E-state index in [9.17, 15) is 4.79 Å². The number of carbonyl (C=O) groups is 1. The van der Waals surface area contributed by atoms with Gasteiger partial charge in [-0.2, -0.15) is 0 Å². The molecule has 0 aromatic rings. The summed E-state index contributed by atoms with van der Waals surface area (Å²) in [6, 6.07) is 0. The minimum Gasteiger partial charge on any atom is -0.464 e. The number of hydrogen-bond donors (Lipinski definition) is 1. The number of esters is 1. The summed E-state index contributed by atoms with van der Waals surface area (Å²) in [5.41, 5.74) is 0. The Morgan fingerprint density at radius 3 is 3.00 bits per heavy atom. The van der Waals surface area contributed by atoms with Gasteiger partial charge in [0.15, 0.2) is 0 Å². The monoisotopic (exact) mass is 213 g/mol. The molecule has 2 fully saturated rings. The average molecular weight is 213 g/mol. The van der Waals surface area contributed by atoms with E-state index in [1.807, 2.05) is 6.92 Å². The second-order valence-electron chi connectivity index (χ2n) is 4.24. The molecule has 3 atom stereocenters. The quantitative estimate of drug-likeness (QED) is 0.539. The van der Waals surface area contributed by atoms with Crippen molar-refractivity contribution < 1.29 is 14.3 Å². The van der Waals surface area contributed by atoms with Crippen LogP contribution < -0.4 is 5.32 Å². The molecule has 1 N–H and O–H groups in total. The zero-order valence-corrected chi connectivity index (χ0v) is 9.20. The van der Waals surface area contributed by atoms with E-state index in [-0.39, 0.29) is 18.0 Å². The first kappa shape index (κ1) is 10.9. The molecule has 0 saturated carbocycles. The molecule has 0 aromatic heterocycles. The van der Waals surface area contributed by atoms with Gasteiger partial charge >= 0.3 is 5.97 Å². The topological polar surface area (TPSA) is 47.6 Å². The Hall–Kier alpha value is -0.610. The first-order chi connectivity index (χ1) is 7.31. The highest BCUT2D eigenvalue weighted by atomic mass is 16.5. The van der Waals surface area contributed by atoms with E-state index >= 15 is 0 Å². The fraction of sp³-hybridized carbons (Fsp3) is 0.909. The zero-order chi connectivity index (χ0) is 10.7. The van der Waals surface area contributed by atoms with E-state index in [0.717, 1.165) is 32.4 Å². The molecule has 0 radical (unpaired) electrons. The first-order valence-corrected chi connectivity index (χ1v) is 5.84. The van der Waals surface area contributed by atoms with Crippen molar-refractivity contribution in [2.45, 2.75) is 38.4 Å². The summed E-state index contributed by atoms with van der Waals surface area (Å²) in [6.07, 6.45) is 3.47. The molecular formula is C11H19NO3. The molecule has 3 unspecified atom stereocenters. The van der Waals surface area contributed by atoms with Crippen LogP contribution in [0.15, 0.2) is 0 Å². The third kappa shape index (κ3) is 2.49. The molecule has 15 heavy (non-hydrogen) atoms. The van der Waals surface area contributed by atoms with Crippen LogP contribution in [0, 0.1) is 5.92 Å². The maximum absolute atomic E-state index is 11.7. The van der Waals surface area contributed by atoms with Crippen molar-refractivity contribution in [2.75, 3.05) is 19.7 Å². The molecule has 2 heterocycles. The van der Waals surface area contributed by atoms with Crippen LogP contribution in [0.2, 0.25) is 0 Å². The number of hydrogen-bond acceptors (Lipinski definition) is 4. The van der Waals surface area contributed by atoms with Crippen molar-refractivity contribution in [3.8, 4) is 0 Å². The van der Waals surface area contributed by atoms with Crippen LogP contribution in [0.5, 0.6) is 0 Å². The summed E-state index contributed by atoms with van der Waals surface area (Å²) in [5.74, 6) is -0.0644. The van der Waals surface area contributed by atoms with Crippen LogP contribution in [0.25, 0.3) is 0 Å². The average Bonchev–Trinajstić information content (AvgIpc) is 2.85. The van der Waals surface area contributed by atoms with Crippen LogP contribution in [0.1, 0.15) is 26.2 Å². The van der Waals surface area contributed by atoms with E-state index in [1.54, 1.807) is 0 Å². The Balaban J connectivity index is 1.68. The smallest absolute Gasteiger partial charge is 0.311 e. The highest BCUT2D eigenvalue weighted by Gasteiger charge is 2.45. The van der Waals surface area contributed by atoms with Gasteiger partial charge in [0, 0.05) is 6.54 Å². The van der Waals surface area contributed by atoms with E-state index in [2.05, 4.69) is 5.32 Å². The lowest BCUT2D eigenvalue weighted by Crippen LogP contribution is -2.29. The number of likely N-dealkylation sites (N-methyl/N-ethyl adjacent to an activating group) is 1. The molecule has 2 aliphatic rings. The van der Waals surface area contributed by atoms with Gasteiger partial charge in [-0.1, -0.05) is 6.92 Å². The lowest BCUT2D eigenvalue weighted by atomic mass is 9.89. The van der Waals surface area contributed by atoms with Gasteiger partial charge in [0.1, 0.15) is 6.61 Å². The minimum absolute atomic E-state index is 0.00498. The predicted octanol–water partition coefficient (Wildman–Crippen LogP) is 0.707. The lowest BCUT2D eigenvalue weighted by Gasteiger charge is -2.17. The van der Waals surface area contributed by atoms with E-state index in [0.29, 0.717) is 12.7 Å². The molecule has 0 spiro atoms. The SMILES string of the molecule is CCNCCOC(=O)C1CC2CCC1O2. The molecule has 2 bridgehead atoms. The van der Waals surface area contributed by atoms with Gasteiger partial charge in [0.2, 0.25) is 0 Å². The minimum atomic E-state index is -0.0693. The summed E-state index contributed by atoms with van der Waals surface area (Å²) >= 11 is 0. The lowest BCUT2D eigenvalue weighted by molar-refractivity contribution is -0.150. The molecule has 2 rings (SSSR count). The Morgan fingerprint density at radius 2 is 2.40 bits per heavy atom. The maximum Gasteiger partial charge on any atom is 0.311 e. The van der Waals surface area contributed by atoms with Gasteiger partial charge in [-0.15, -0.1) is 0 Å². The molecule has 86 valence electrons. The Bertz CT molecular complexity index is 232. The summed E-state index contributed by atoms with van der Waals surface area (Å²) in [4.78, 5) is 11.7. The van der Waals surface area contributed by atoms with Crippen molar-refractivity contribution >= 4 is 5.97 Å². The largest absolute Gasteiger partial charge is 0.464 e. The van der Waals surface area contributed by atoms with E-state index in [1.165, 1.54) is 0 Å². The number of ether oxygens (including phenoxy) is 2. The highest BCUT2D eigenvalue weighted by Crippen LogP contribution is 2.39. The van der Waals surface area contributed by atoms with Crippen molar-refractivity contribution in [3.05, 3.63) is 0 Å². The van der Waals surface area contributed by atoms with E-state index in [4.69, 9.17) is 9.47 Å². The molecule has 4 nitrogen and oxygen atoms in total. The Morgan fingerprint density at radius 1 is 1.53 bits per heavy atom. The third-order valence-corrected chi connectivity index (χ3v) is 3.18. The van der Waals surface area contributed by atoms with Crippen molar-refractivity contribution in [2.24, 2.45) is 5.92 Å². The highest BCUT2D eigenvalue weighted by molar-refractivity contribution is 5.73. The van der Waals surface area contributed by atoms with Gasteiger partial charge in [-0.05, 0) is 25.8 Å². The molecule has 0 amide bonds. The van der Waals surface area contributed by atoms with Gasteiger partial charge in [0.25, 0.3) is 0 Å². The second-order valence-corrected chi connectivity index (χ2v) is 4.24. The molecule has 0 aromatic carbocycles. The van der Waals surface area contributed by atoms with E-state index < -0.39 is 0 Å². The van der Waals surface area contributed by atoms with Gasteiger partial charge in [-0.3, -0.25) is 4.79 Å². The molecule has 0 aliphatic carbocycles. The molecular weight excluding hydrogens is 194 g/mol. The van der Waals surface area contributed by atoms with Crippen LogP contribution in [-0.4, -0.2) is 37.9 Å². The number of carbonyl (C=O) groups excluding carboxylic acids is 1. The molecule has 4 heteroatoms. The Kier molecular flexibility index (Phi) is 3.59. The molecule has 2 aliphatic heterocycles. The second kappa shape index (κ2) is 4.94. The fourth-order valence-corrected chi connectivity index (χ4v) is 2.39. The van der Waals surface area contributed by atoms with Gasteiger partial charge in [-0.25, -0.2) is 0 Å². The van der Waals surface area contributed by atoms with Crippen LogP contribution >= 0.6 is 0 Å². The number of rotatable bonds is 5. The standard InChI is InChI=1S/C11H19NO3/c1-2-12-5-6-14-11(13)9-7-8-3-4-10(9)15-8/h8-10,12H,2-7H2,1H3. The number of fused-ring (bicyclic) bond motifs is 2. The van der Waals surface area contributed by atoms with Crippen molar-refractivity contribution in [1.29, 1.82) is 0 Å². The summed E-state index contributed by atoms with van der Waals surface area (Å²) < 4.78 is 10.8. The van der Waals surface area contributed by atoms with Crippen LogP contribution in [0.3, 0.4) is 0 Å². The van der Waals surface area contributed by atoms with Crippen LogP contribution in [-0.2, 0) is 14.3 Å². The summed E-state index contributed by atoms with van der Waals surface area (Å²) in [7, 11) is 0. The zero-order valence-electron chi connectivity index (χ0n) is 9.20. The fourth-order valence-electron chi connectivity index (χ4n) is 2.39. The summed E-state index contributed by atoms with van der Waals surface area (Å²) in [6.45, 7) is 4.16. The maximum atomic E-state index is 11.7. The van der Waals surface area contributed by atoms with Crippen molar-refractivity contribution in [1.82, 2.24) is 5.32 Å². The van der Waals surface area contributed by atoms with Gasteiger partial charge in [0.05, 0.1) is 18.1 Å². The first-order valence-electron chi connectivity index (χ1n) is 5.84.